The lowest BCUT2D eigenvalue weighted by Crippen LogP contribution is -2.24. The number of nitrogens with zero attached hydrogens (tertiary/aromatic N) is 1. The molecule has 1 N–H and O–H groups in total. The average Bonchev–Trinajstić information content (AvgIpc) is 2.95. The molecule has 0 spiro atoms. The maximum Gasteiger partial charge on any atom is 0.338 e. The molecular weight excluding hydrogens is 336 g/mol. The van der Waals surface area contributed by atoms with Gasteiger partial charge in [0.2, 0.25) is 0 Å². The third-order valence-electron chi connectivity index (χ3n) is 4.00. The molecule has 0 fully saturated rings. The summed E-state index contributed by atoms with van der Waals surface area (Å²) in [4.78, 5) is 27.6. The Morgan fingerprint density at radius 2 is 2.04 bits per heavy atom. The zero-order chi connectivity index (χ0) is 18.9. The van der Waals surface area contributed by atoms with Crippen LogP contribution in [0.2, 0.25) is 0 Å². The number of esters is 1. The van der Waals surface area contributed by atoms with E-state index in [1.807, 2.05) is 13.8 Å². The first kappa shape index (κ1) is 17.7. The Labute approximate surface area is 151 Å². The first-order valence-electron chi connectivity index (χ1n) is 8.13. The van der Waals surface area contributed by atoms with Gasteiger partial charge in [-0.25, -0.2) is 9.78 Å². The second-order valence-electron chi connectivity index (χ2n) is 6.54. The Bertz CT molecular complexity index is 859. The summed E-state index contributed by atoms with van der Waals surface area (Å²) in [5.41, 5.74) is 1.11. The number of hydrogen-bond acceptors (Lipinski definition) is 6. The summed E-state index contributed by atoms with van der Waals surface area (Å²) < 4.78 is 16.7. The number of hydrogen-bond donors (Lipinski definition) is 1. The molecule has 3 rings (SSSR count). The fourth-order valence-corrected chi connectivity index (χ4v) is 2.80. The summed E-state index contributed by atoms with van der Waals surface area (Å²) in [7, 11) is 2.86. The highest BCUT2D eigenvalue weighted by molar-refractivity contribution is 5.92. The molecule has 1 aromatic carbocycles. The van der Waals surface area contributed by atoms with E-state index >= 15 is 0 Å². The van der Waals surface area contributed by atoms with Crippen LogP contribution in [-0.2, 0) is 11.2 Å². The van der Waals surface area contributed by atoms with Gasteiger partial charge >= 0.3 is 5.97 Å². The second-order valence-corrected chi connectivity index (χ2v) is 6.54. The van der Waals surface area contributed by atoms with Gasteiger partial charge in [-0.1, -0.05) is 0 Å². The highest BCUT2D eigenvalue weighted by atomic mass is 16.5. The Balaban J connectivity index is 1.95. The van der Waals surface area contributed by atoms with Crippen LogP contribution in [0.25, 0.3) is 0 Å². The zero-order valence-electron chi connectivity index (χ0n) is 15.1. The molecule has 0 aliphatic carbocycles. The van der Waals surface area contributed by atoms with Crippen molar-refractivity contribution in [2.45, 2.75) is 25.9 Å². The molecular formula is C19H20N2O5. The molecule has 0 saturated carbocycles. The molecule has 0 saturated heterocycles. The Hall–Kier alpha value is -3.09. The summed E-state index contributed by atoms with van der Waals surface area (Å²) in [5.74, 6) is 0.803. The van der Waals surface area contributed by atoms with Crippen LogP contribution in [0.15, 0.2) is 30.5 Å². The maximum absolute atomic E-state index is 11.9. The normalized spacial score (nSPS) is 14.2. The maximum atomic E-state index is 11.9. The number of carbonyl (C=O) groups is 2. The van der Waals surface area contributed by atoms with Gasteiger partial charge in [0.15, 0.2) is 0 Å². The topological polar surface area (TPSA) is 86.8 Å². The predicted octanol–water partition coefficient (Wildman–Crippen LogP) is 2.73. The number of carbonyl (C=O) groups excluding carboxylic acids is 2. The third kappa shape index (κ3) is 3.46. The van der Waals surface area contributed by atoms with Gasteiger partial charge in [-0.3, -0.25) is 4.79 Å². The second kappa shape index (κ2) is 6.67. The van der Waals surface area contributed by atoms with Crippen molar-refractivity contribution in [1.29, 1.82) is 0 Å². The predicted molar refractivity (Wildman–Crippen MR) is 93.9 cm³/mol. The Kier molecular flexibility index (Phi) is 4.54. The van der Waals surface area contributed by atoms with Crippen molar-refractivity contribution in [1.82, 2.24) is 10.3 Å². The quantitative estimate of drug-likeness (QED) is 0.848. The van der Waals surface area contributed by atoms with E-state index in [0.29, 0.717) is 29.2 Å². The van der Waals surface area contributed by atoms with Crippen LogP contribution < -0.4 is 14.8 Å². The summed E-state index contributed by atoms with van der Waals surface area (Å²) in [6.45, 7) is 3.93. The SMILES string of the molecule is CNC(=O)c1ccc(Oc2cc(C(=O)OC)cc3c2CC(C)(C)O3)cn1. The Morgan fingerprint density at radius 1 is 1.27 bits per heavy atom. The first-order valence-corrected chi connectivity index (χ1v) is 8.13. The number of benzene rings is 1. The molecule has 0 radical (unpaired) electrons. The lowest BCUT2D eigenvalue weighted by atomic mass is 10.00. The standard InChI is InChI=1S/C19H20N2O5/c1-19(2)9-13-15(7-11(18(23)24-4)8-16(13)26-19)25-12-5-6-14(21-10-12)17(22)20-3/h5-8,10H,9H2,1-4H3,(H,20,22). The van der Waals surface area contributed by atoms with Crippen LogP contribution >= 0.6 is 0 Å². The van der Waals surface area contributed by atoms with Crippen LogP contribution in [0.5, 0.6) is 17.2 Å². The minimum absolute atomic E-state index is 0.278. The first-order chi connectivity index (χ1) is 12.3. The molecule has 1 aliphatic heterocycles. The van der Waals surface area contributed by atoms with Crippen LogP contribution in [0.3, 0.4) is 0 Å². The van der Waals surface area contributed by atoms with Crippen LogP contribution in [0, 0.1) is 0 Å². The lowest BCUT2D eigenvalue weighted by molar-refractivity contribution is 0.0599. The molecule has 2 aromatic rings. The minimum Gasteiger partial charge on any atom is -0.487 e. The largest absolute Gasteiger partial charge is 0.487 e. The molecule has 2 heterocycles. The number of ether oxygens (including phenoxy) is 3. The van der Waals surface area contributed by atoms with Crippen molar-refractivity contribution in [3.63, 3.8) is 0 Å². The highest BCUT2D eigenvalue weighted by Crippen LogP contribution is 2.42. The van der Waals surface area contributed by atoms with Crippen molar-refractivity contribution in [3.05, 3.63) is 47.3 Å². The fraction of sp³-hybridized carbons (Fsp3) is 0.316. The number of nitrogens with one attached hydrogen (secondary N) is 1. The monoisotopic (exact) mass is 356 g/mol. The fourth-order valence-electron chi connectivity index (χ4n) is 2.80. The van der Waals surface area contributed by atoms with Crippen molar-refractivity contribution in [2.24, 2.45) is 0 Å². The lowest BCUT2D eigenvalue weighted by Gasteiger charge is -2.16. The van der Waals surface area contributed by atoms with E-state index in [4.69, 9.17) is 14.2 Å². The smallest absolute Gasteiger partial charge is 0.338 e. The highest BCUT2D eigenvalue weighted by Gasteiger charge is 2.34. The van der Waals surface area contributed by atoms with Gasteiger partial charge in [-0.15, -0.1) is 0 Å². The molecule has 1 aliphatic rings. The van der Waals surface area contributed by atoms with Crippen molar-refractivity contribution < 1.29 is 23.8 Å². The number of aromatic nitrogens is 1. The van der Waals surface area contributed by atoms with Gasteiger partial charge in [-0.2, -0.15) is 0 Å². The molecule has 26 heavy (non-hydrogen) atoms. The number of amides is 1. The van der Waals surface area contributed by atoms with Gasteiger partial charge in [0, 0.05) is 19.0 Å². The Morgan fingerprint density at radius 3 is 2.65 bits per heavy atom. The van der Waals surface area contributed by atoms with E-state index < -0.39 is 11.6 Å². The molecule has 1 aromatic heterocycles. The van der Waals surface area contributed by atoms with Gasteiger partial charge in [-0.05, 0) is 38.1 Å². The van der Waals surface area contributed by atoms with E-state index in [0.717, 1.165) is 5.56 Å². The number of methoxy groups -OCH3 is 1. The van der Waals surface area contributed by atoms with Crippen LogP contribution in [-0.4, -0.2) is 36.6 Å². The van der Waals surface area contributed by atoms with E-state index in [-0.39, 0.29) is 11.6 Å². The van der Waals surface area contributed by atoms with Crippen molar-refractivity contribution in [3.8, 4) is 17.2 Å². The molecule has 0 atom stereocenters. The van der Waals surface area contributed by atoms with Crippen molar-refractivity contribution in [2.75, 3.05) is 14.2 Å². The molecule has 7 nitrogen and oxygen atoms in total. The summed E-state index contributed by atoms with van der Waals surface area (Å²) in [6, 6.07) is 6.51. The molecule has 0 bridgehead atoms. The van der Waals surface area contributed by atoms with Crippen molar-refractivity contribution >= 4 is 11.9 Å². The van der Waals surface area contributed by atoms with Gasteiger partial charge in [0.25, 0.3) is 5.91 Å². The van der Waals surface area contributed by atoms with Gasteiger partial charge in [0.05, 0.1) is 18.9 Å². The number of pyridine rings is 1. The number of rotatable bonds is 4. The van der Waals surface area contributed by atoms with E-state index in [9.17, 15) is 9.59 Å². The van der Waals surface area contributed by atoms with E-state index in [1.54, 1.807) is 24.3 Å². The van der Waals surface area contributed by atoms with Gasteiger partial charge < -0.3 is 19.5 Å². The molecule has 1 amide bonds. The average molecular weight is 356 g/mol. The summed E-state index contributed by atoms with van der Waals surface area (Å²) in [5, 5.41) is 2.51. The van der Waals surface area contributed by atoms with Crippen LogP contribution in [0.4, 0.5) is 0 Å². The molecule has 7 heteroatoms. The summed E-state index contributed by atoms with van der Waals surface area (Å²) >= 11 is 0. The summed E-state index contributed by atoms with van der Waals surface area (Å²) in [6.07, 6.45) is 2.10. The zero-order valence-corrected chi connectivity index (χ0v) is 15.1. The third-order valence-corrected chi connectivity index (χ3v) is 4.00. The number of fused-ring (bicyclic) bond motifs is 1. The van der Waals surface area contributed by atoms with Crippen LogP contribution in [0.1, 0.15) is 40.3 Å². The molecule has 0 unspecified atom stereocenters. The van der Waals surface area contributed by atoms with Gasteiger partial charge in [0.1, 0.15) is 28.5 Å². The minimum atomic E-state index is -0.473. The molecule has 136 valence electrons. The van der Waals surface area contributed by atoms with E-state index in [1.165, 1.54) is 20.4 Å². The van der Waals surface area contributed by atoms with E-state index in [2.05, 4.69) is 10.3 Å².